The van der Waals surface area contributed by atoms with E-state index in [-0.39, 0.29) is 42.4 Å². The predicted molar refractivity (Wildman–Crippen MR) is 140 cm³/mol. The zero-order valence-corrected chi connectivity index (χ0v) is 24.0. The van der Waals surface area contributed by atoms with E-state index in [1.165, 1.54) is 7.11 Å². The van der Waals surface area contributed by atoms with Crippen LogP contribution in [0.25, 0.3) is 0 Å². The number of fused-ring (bicyclic) bond motifs is 5. The maximum absolute atomic E-state index is 14.4. The first kappa shape index (κ1) is 27.7. The highest BCUT2D eigenvalue weighted by atomic mass is 16.6. The lowest BCUT2D eigenvalue weighted by Gasteiger charge is -2.63. The summed E-state index contributed by atoms with van der Waals surface area (Å²) < 4.78 is 22.5. The number of ketones is 1. The van der Waals surface area contributed by atoms with Crippen LogP contribution in [-0.2, 0) is 33.4 Å². The SMILES string of the molecule is COC(=O)C[C@H]1C(C)(C)[C@H](OC(=O)C(C)C)C2CC3=C4CC(=O)O[C@@H](c5ccoc5)[C@]4(C)CCC3[C@@]1(C)C2=O. The van der Waals surface area contributed by atoms with Gasteiger partial charge in [0, 0.05) is 28.2 Å². The van der Waals surface area contributed by atoms with Crippen LogP contribution in [-0.4, -0.2) is 36.9 Å². The fourth-order valence-corrected chi connectivity index (χ4v) is 8.46. The molecule has 0 aromatic carbocycles. The molecule has 39 heavy (non-hydrogen) atoms. The molecule has 7 atom stereocenters. The highest BCUT2D eigenvalue weighted by Crippen LogP contribution is 2.68. The first-order valence-corrected chi connectivity index (χ1v) is 14.0. The molecule has 1 saturated heterocycles. The number of carbonyl (C=O) groups is 4. The van der Waals surface area contributed by atoms with Gasteiger partial charge in [-0.2, -0.15) is 0 Å². The Morgan fingerprint density at radius 3 is 2.49 bits per heavy atom. The van der Waals surface area contributed by atoms with Gasteiger partial charge in [0.2, 0.25) is 0 Å². The van der Waals surface area contributed by atoms with Gasteiger partial charge < -0.3 is 18.6 Å². The van der Waals surface area contributed by atoms with E-state index >= 15 is 0 Å². The molecule has 1 aromatic rings. The van der Waals surface area contributed by atoms with E-state index in [9.17, 15) is 19.2 Å². The monoisotopic (exact) mass is 540 g/mol. The molecule has 8 heteroatoms. The zero-order chi connectivity index (χ0) is 28.5. The Kier molecular flexibility index (Phi) is 6.62. The van der Waals surface area contributed by atoms with Crippen LogP contribution in [0.1, 0.15) is 85.3 Å². The number of Topliss-reactive ketones (excluding diaryl/α,β-unsaturated/α-hetero) is 1. The third-order valence-corrected chi connectivity index (χ3v) is 10.5. The van der Waals surface area contributed by atoms with Gasteiger partial charge >= 0.3 is 17.9 Å². The largest absolute Gasteiger partial charge is 0.472 e. The average Bonchev–Trinajstić information content (AvgIpc) is 3.41. The maximum atomic E-state index is 14.4. The minimum absolute atomic E-state index is 0.0417. The van der Waals surface area contributed by atoms with E-state index in [1.807, 2.05) is 26.8 Å². The molecule has 3 fully saturated rings. The van der Waals surface area contributed by atoms with Crippen LogP contribution >= 0.6 is 0 Å². The molecule has 3 aliphatic carbocycles. The number of allylic oxidation sites excluding steroid dienone is 1. The van der Waals surface area contributed by atoms with Crippen LogP contribution in [0.5, 0.6) is 0 Å². The van der Waals surface area contributed by atoms with Gasteiger partial charge in [-0.3, -0.25) is 19.2 Å². The van der Waals surface area contributed by atoms with E-state index in [0.29, 0.717) is 6.42 Å². The molecule has 2 heterocycles. The Bertz CT molecular complexity index is 1220. The van der Waals surface area contributed by atoms with E-state index < -0.39 is 46.3 Å². The van der Waals surface area contributed by atoms with Gasteiger partial charge in [-0.15, -0.1) is 0 Å². The molecule has 0 spiro atoms. The summed E-state index contributed by atoms with van der Waals surface area (Å²) in [6.45, 7) is 11.7. The van der Waals surface area contributed by atoms with Crippen LogP contribution in [0.3, 0.4) is 0 Å². The number of hydrogen-bond donors (Lipinski definition) is 0. The summed E-state index contributed by atoms with van der Waals surface area (Å²) in [5, 5.41) is 0. The number of methoxy groups -OCH3 is 1. The third kappa shape index (κ3) is 4.00. The van der Waals surface area contributed by atoms with Gasteiger partial charge in [0.15, 0.2) is 0 Å². The molecular formula is C31H40O8. The molecule has 0 radical (unpaired) electrons. The number of esters is 3. The molecule has 2 saturated carbocycles. The van der Waals surface area contributed by atoms with Crippen LogP contribution < -0.4 is 0 Å². The molecule has 212 valence electrons. The smallest absolute Gasteiger partial charge is 0.310 e. The van der Waals surface area contributed by atoms with Crippen molar-refractivity contribution in [3.8, 4) is 0 Å². The van der Waals surface area contributed by atoms with Gasteiger partial charge in [-0.05, 0) is 42.7 Å². The van der Waals surface area contributed by atoms with Gasteiger partial charge in [0.25, 0.3) is 0 Å². The molecular weight excluding hydrogens is 500 g/mol. The van der Waals surface area contributed by atoms with Gasteiger partial charge in [0.05, 0.1) is 37.9 Å². The molecule has 4 aliphatic rings. The fourth-order valence-electron chi connectivity index (χ4n) is 8.46. The number of carbonyl (C=O) groups excluding carboxylic acids is 4. The molecule has 0 amide bonds. The molecule has 5 rings (SSSR count). The fraction of sp³-hybridized carbons (Fsp3) is 0.677. The quantitative estimate of drug-likeness (QED) is 0.279. The minimum Gasteiger partial charge on any atom is -0.472 e. The molecule has 2 unspecified atom stereocenters. The van der Waals surface area contributed by atoms with Crippen molar-refractivity contribution in [3.63, 3.8) is 0 Å². The second-order valence-corrected chi connectivity index (χ2v) is 13.2. The van der Waals surface area contributed by atoms with E-state index in [0.717, 1.165) is 29.6 Å². The second-order valence-electron chi connectivity index (χ2n) is 13.2. The number of rotatable bonds is 5. The number of ether oxygens (including phenoxy) is 3. The summed E-state index contributed by atoms with van der Waals surface area (Å²) in [6.07, 6.45) is 4.11. The average molecular weight is 541 g/mol. The Labute approximate surface area is 229 Å². The van der Waals surface area contributed by atoms with Crippen LogP contribution in [0.2, 0.25) is 0 Å². The summed E-state index contributed by atoms with van der Waals surface area (Å²) in [6, 6.07) is 1.83. The molecule has 1 aromatic heterocycles. The van der Waals surface area contributed by atoms with E-state index in [1.54, 1.807) is 26.4 Å². The van der Waals surface area contributed by atoms with Crippen LogP contribution in [0.15, 0.2) is 34.2 Å². The molecule has 1 aliphatic heterocycles. The van der Waals surface area contributed by atoms with Crippen molar-refractivity contribution < 1.29 is 37.8 Å². The Morgan fingerprint density at radius 1 is 1.15 bits per heavy atom. The first-order chi connectivity index (χ1) is 18.3. The van der Waals surface area contributed by atoms with Crippen molar-refractivity contribution in [3.05, 3.63) is 35.3 Å². The summed E-state index contributed by atoms with van der Waals surface area (Å²) in [5.74, 6) is -2.49. The summed E-state index contributed by atoms with van der Waals surface area (Å²) >= 11 is 0. The zero-order valence-electron chi connectivity index (χ0n) is 24.0. The summed E-state index contributed by atoms with van der Waals surface area (Å²) in [7, 11) is 1.35. The maximum Gasteiger partial charge on any atom is 0.310 e. The topological polar surface area (TPSA) is 109 Å². The van der Waals surface area contributed by atoms with Gasteiger partial charge in [-0.1, -0.05) is 47.1 Å². The lowest BCUT2D eigenvalue weighted by Crippen LogP contribution is -2.66. The molecule has 0 N–H and O–H groups in total. The van der Waals surface area contributed by atoms with Gasteiger partial charge in [-0.25, -0.2) is 0 Å². The Morgan fingerprint density at radius 2 is 1.87 bits per heavy atom. The van der Waals surface area contributed by atoms with Crippen molar-refractivity contribution >= 4 is 23.7 Å². The lowest BCUT2D eigenvalue weighted by molar-refractivity contribution is -0.200. The minimum atomic E-state index is -0.877. The number of cyclic esters (lactones) is 1. The third-order valence-electron chi connectivity index (χ3n) is 10.5. The first-order valence-electron chi connectivity index (χ1n) is 14.0. The van der Waals surface area contributed by atoms with Crippen LogP contribution in [0.4, 0.5) is 0 Å². The van der Waals surface area contributed by atoms with Crippen molar-refractivity contribution in [1.82, 2.24) is 0 Å². The van der Waals surface area contributed by atoms with Crippen LogP contribution in [0, 0.1) is 39.9 Å². The summed E-state index contributed by atoms with van der Waals surface area (Å²) in [4.78, 5) is 53.0. The highest BCUT2D eigenvalue weighted by Gasteiger charge is 2.68. The van der Waals surface area contributed by atoms with E-state index in [2.05, 4.69) is 6.92 Å². The standard InChI is InChI=1S/C31H40O8/c1-16(2)28(35)39-27-19-12-18-20(31(6,25(19)34)22(29(27,3)4)14-23(32)36-7)8-10-30(5)21(18)13-24(33)38-26(30)17-9-11-37-15-17/h9,11,15-16,19-20,22,26-27H,8,10,12-14H2,1-7H3/t19?,20?,22-,26-,27+,30+,31+/m0/s1. The number of hydrogen-bond acceptors (Lipinski definition) is 8. The Balaban J connectivity index is 1.68. The van der Waals surface area contributed by atoms with E-state index in [4.69, 9.17) is 18.6 Å². The summed E-state index contributed by atoms with van der Waals surface area (Å²) in [5.41, 5.74) is 0.943. The van der Waals surface area contributed by atoms with Crippen molar-refractivity contribution in [2.45, 2.75) is 85.9 Å². The normalized spacial score (nSPS) is 37.1. The second kappa shape index (κ2) is 9.34. The highest BCUT2D eigenvalue weighted by molar-refractivity contribution is 5.92. The predicted octanol–water partition coefficient (Wildman–Crippen LogP) is 5.36. The van der Waals surface area contributed by atoms with Crippen molar-refractivity contribution in [1.29, 1.82) is 0 Å². The van der Waals surface area contributed by atoms with Crippen molar-refractivity contribution in [2.24, 2.45) is 39.9 Å². The lowest BCUT2D eigenvalue weighted by atomic mass is 9.40. The Hall–Kier alpha value is -2.90. The van der Waals surface area contributed by atoms with Crippen molar-refractivity contribution in [2.75, 3.05) is 7.11 Å². The van der Waals surface area contributed by atoms with Gasteiger partial charge in [0.1, 0.15) is 18.0 Å². The molecule has 8 nitrogen and oxygen atoms in total. The number of furan rings is 1. The molecule has 2 bridgehead atoms.